The van der Waals surface area contributed by atoms with Crippen molar-refractivity contribution in [1.82, 2.24) is 0 Å². The molecule has 0 heterocycles. The second-order valence-electron chi connectivity index (χ2n) is 2.72. The van der Waals surface area contributed by atoms with Gasteiger partial charge in [-0.1, -0.05) is 0 Å². The van der Waals surface area contributed by atoms with Crippen molar-refractivity contribution in [3.63, 3.8) is 0 Å². The number of rotatable bonds is 2. The van der Waals surface area contributed by atoms with Crippen LogP contribution in [0.1, 0.15) is 10.4 Å². The highest BCUT2D eigenvalue weighted by Gasteiger charge is 2.33. The van der Waals surface area contributed by atoms with Crippen molar-refractivity contribution < 1.29 is 32.5 Å². The van der Waals surface area contributed by atoms with Gasteiger partial charge >= 0.3 is 12.3 Å². The molecule has 0 amide bonds. The molecule has 0 aromatic heterocycles. The zero-order chi connectivity index (χ0) is 12.3. The topological polar surface area (TPSA) is 55.8 Å². The molecule has 0 fully saturated rings. The highest BCUT2D eigenvalue weighted by molar-refractivity contribution is 5.92. The molecule has 1 rings (SSSR count). The number of methoxy groups -OCH3 is 1. The number of aromatic hydroxyl groups is 1. The first kappa shape index (κ1) is 12.2. The van der Waals surface area contributed by atoms with E-state index >= 15 is 0 Å². The van der Waals surface area contributed by atoms with Gasteiger partial charge in [0.05, 0.1) is 7.11 Å². The Labute approximate surface area is 88.2 Å². The summed E-state index contributed by atoms with van der Waals surface area (Å²) in [6.45, 7) is 0. The number of carbonyl (C=O) groups excluding carboxylic acids is 1. The molecule has 0 aliphatic rings. The molecule has 7 heteroatoms. The minimum absolute atomic E-state index is 0.419. The summed E-state index contributed by atoms with van der Waals surface area (Å²) in [5.74, 6) is -2.24. The quantitative estimate of drug-likeness (QED) is 0.798. The Morgan fingerprint density at radius 3 is 2.50 bits per heavy atom. The van der Waals surface area contributed by atoms with E-state index in [9.17, 15) is 18.0 Å². The minimum Gasteiger partial charge on any atom is -0.508 e. The van der Waals surface area contributed by atoms with E-state index in [1.165, 1.54) is 0 Å². The van der Waals surface area contributed by atoms with Crippen LogP contribution >= 0.6 is 0 Å². The fraction of sp³-hybridized carbons (Fsp3) is 0.222. The van der Waals surface area contributed by atoms with Gasteiger partial charge in [-0.15, -0.1) is 13.2 Å². The van der Waals surface area contributed by atoms with Gasteiger partial charge < -0.3 is 14.6 Å². The lowest BCUT2D eigenvalue weighted by Gasteiger charge is -2.12. The van der Waals surface area contributed by atoms with Gasteiger partial charge in [0.25, 0.3) is 0 Å². The van der Waals surface area contributed by atoms with Crippen molar-refractivity contribution in [3.8, 4) is 11.5 Å². The van der Waals surface area contributed by atoms with Crippen molar-refractivity contribution in [2.24, 2.45) is 0 Å². The van der Waals surface area contributed by atoms with Gasteiger partial charge in [0.15, 0.2) is 0 Å². The first-order valence-corrected chi connectivity index (χ1v) is 4.00. The molecule has 0 atom stereocenters. The molecule has 1 aromatic carbocycles. The molecule has 16 heavy (non-hydrogen) atoms. The Balaban J connectivity index is 3.13. The van der Waals surface area contributed by atoms with Crippen LogP contribution in [0.4, 0.5) is 13.2 Å². The Bertz CT molecular complexity index is 400. The van der Waals surface area contributed by atoms with Crippen molar-refractivity contribution in [2.45, 2.75) is 6.36 Å². The number of ether oxygens (including phenoxy) is 2. The standard InChI is InChI=1S/C9H7F3O4/c1-15-8(14)6-3-2-5(13)4-7(6)16-9(10,11)12/h2-4,13H,1H3. The first-order valence-electron chi connectivity index (χ1n) is 4.00. The number of phenols is 1. The zero-order valence-electron chi connectivity index (χ0n) is 8.04. The van der Waals surface area contributed by atoms with Crippen molar-refractivity contribution in [2.75, 3.05) is 7.11 Å². The lowest BCUT2D eigenvalue weighted by atomic mass is 10.2. The predicted molar refractivity (Wildman–Crippen MR) is 46.1 cm³/mol. The van der Waals surface area contributed by atoms with E-state index in [4.69, 9.17) is 5.11 Å². The molecular formula is C9H7F3O4. The van der Waals surface area contributed by atoms with Crippen LogP contribution in [-0.2, 0) is 4.74 Å². The Morgan fingerprint density at radius 1 is 1.38 bits per heavy atom. The van der Waals surface area contributed by atoms with Crippen LogP contribution in [0.15, 0.2) is 18.2 Å². The summed E-state index contributed by atoms with van der Waals surface area (Å²) in [6, 6.07) is 2.71. The molecule has 88 valence electrons. The van der Waals surface area contributed by atoms with E-state index in [1.807, 2.05) is 0 Å². The lowest BCUT2D eigenvalue weighted by molar-refractivity contribution is -0.274. The van der Waals surface area contributed by atoms with Crippen molar-refractivity contribution in [3.05, 3.63) is 23.8 Å². The van der Waals surface area contributed by atoms with E-state index in [0.717, 1.165) is 19.2 Å². The summed E-state index contributed by atoms with van der Waals surface area (Å²) >= 11 is 0. The lowest BCUT2D eigenvalue weighted by Crippen LogP contribution is -2.19. The summed E-state index contributed by atoms with van der Waals surface area (Å²) < 4.78 is 43.7. The number of hydrogen-bond acceptors (Lipinski definition) is 4. The first-order chi connectivity index (χ1) is 7.33. The number of halogens is 3. The van der Waals surface area contributed by atoms with E-state index in [-0.39, 0.29) is 0 Å². The van der Waals surface area contributed by atoms with Crippen LogP contribution in [0.5, 0.6) is 11.5 Å². The van der Waals surface area contributed by atoms with Crippen LogP contribution in [0.3, 0.4) is 0 Å². The molecule has 0 bridgehead atoms. The van der Waals surface area contributed by atoms with Gasteiger partial charge in [0.1, 0.15) is 17.1 Å². The number of phenolic OH excluding ortho intramolecular Hbond substituents is 1. The van der Waals surface area contributed by atoms with E-state index in [1.54, 1.807) is 0 Å². The molecule has 0 saturated heterocycles. The Morgan fingerprint density at radius 2 is 2.00 bits per heavy atom. The van der Waals surface area contributed by atoms with Gasteiger partial charge in [-0.05, 0) is 12.1 Å². The number of benzene rings is 1. The highest BCUT2D eigenvalue weighted by atomic mass is 19.4. The number of hydrogen-bond donors (Lipinski definition) is 1. The second-order valence-corrected chi connectivity index (χ2v) is 2.72. The monoisotopic (exact) mass is 236 g/mol. The third kappa shape index (κ3) is 3.04. The third-order valence-electron chi connectivity index (χ3n) is 1.60. The normalized spacial score (nSPS) is 11.0. The molecule has 1 aromatic rings. The van der Waals surface area contributed by atoms with Gasteiger partial charge in [-0.3, -0.25) is 0 Å². The molecule has 4 nitrogen and oxygen atoms in total. The maximum atomic E-state index is 12.0. The molecule has 1 N–H and O–H groups in total. The summed E-state index contributed by atoms with van der Waals surface area (Å²) in [4.78, 5) is 11.1. The van der Waals surface area contributed by atoms with Crippen LogP contribution in [-0.4, -0.2) is 24.5 Å². The molecule has 0 radical (unpaired) electrons. The summed E-state index contributed by atoms with van der Waals surface area (Å²) in [5, 5.41) is 8.99. The number of carbonyl (C=O) groups is 1. The largest absolute Gasteiger partial charge is 0.573 e. The maximum Gasteiger partial charge on any atom is 0.573 e. The van der Waals surface area contributed by atoms with E-state index in [2.05, 4.69) is 9.47 Å². The van der Waals surface area contributed by atoms with Crippen LogP contribution < -0.4 is 4.74 Å². The predicted octanol–water partition coefficient (Wildman–Crippen LogP) is 2.08. The van der Waals surface area contributed by atoms with Gasteiger partial charge in [-0.2, -0.15) is 0 Å². The van der Waals surface area contributed by atoms with Crippen molar-refractivity contribution >= 4 is 5.97 Å². The fourth-order valence-corrected chi connectivity index (χ4v) is 0.999. The summed E-state index contributed by atoms with van der Waals surface area (Å²) in [7, 11) is 1.02. The molecule has 0 spiro atoms. The summed E-state index contributed by atoms with van der Waals surface area (Å²) in [6.07, 6.45) is -4.95. The molecule has 0 unspecified atom stereocenters. The second kappa shape index (κ2) is 4.30. The molecule has 0 aliphatic carbocycles. The Kier molecular flexibility index (Phi) is 3.26. The summed E-state index contributed by atoms with van der Waals surface area (Å²) in [5.41, 5.74) is -0.419. The Hall–Kier alpha value is -1.92. The molecular weight excluding hydrogens is 229 g/mol. The number of esters is 1. The van der Waals surface area contributed by atoms with Crippen molar-refractivity contribution in [1.29, 1.82) is 0 Å². The molecule has 0 saturated carbocycles. The van der Waals surface area contributed by atoms with Crippen LogP contribution in [0.25, 0.3) is 0 Å². The average molecular weight is 236 g/mol. The van der Waals surface area contributed by atoms with E-state index in [0.29, 0.717) is 6.07 Å². The number of alkyl halides is 3. The minimum atomic E-state index is -4.95. The van der Waals surface area contributed by atoms with E-state index < -0.39 is 29.4 Å². The van der Waals surface area contributed by atoms with Gasteiger partial charge in [0.2, 0.25) is 0 Å². The zero-order valence-corrected chi connectivity index (χ0v) is 8.04. The van der Waals surface area contributed by atoms with Gasteiger partial charge in [-0.25, -0.2) is 4.79 Å². The third-order valence-corrected chi connectivity index (χ3v) is 1.60. The maximum absolute atomic E-state index is 12.0. The molecule has 0 aliphatic heterocycles. The highest BCUT2D eigenvalue weighted by Crippen LogP contribution is 2.30. The average Bonchev–Trinajstić information content (AvgIpc) is 2.14. The van der Waals surface area contributed by atoms with Crippen LogP contribution in [0, 0.1) is 0 Å². The van der Waals surface area contributed by atoms with Crippen LogP contribution in [0.2, 0.25) is 0 Å². The smallest absolute Gasteiger partial charge is 0.508 e. The van der Waals surface area contributed by atoms with Gasteiger partial charge in [0, 0.05) is 6.07 Å². The fourth-order valence-electron chi connectivity index (χ4n) is 0.999. The SMILES string of the molecule is COC(=O)c1ccc(O)cc1OC(F)(F)F.